The van der Waals surface area contributed by atoms with Gasteiger partial charge in [0.15, 0.2) is 23.0 Å². The smallest absolute Gasteiger partial charge is 0.273 e. The fraction of sp³-hybridized carbons (Fsp3) is 0.371. The second-order valence-corrected chi connectivity index (χ2v) is 12.3. The molecule has 3 aromatic carbocycles. The molecule has 1 saturated heterocycles. The highest BCUT2D eigenvalue weighted by molar-refractivity contribution is 7.09. The normalized spacial score (nSPS) is 14.5. The summed E-state index contributed by atoms with van der Waals surface area (Å²) in [5.74, 6) is 3.86. The van der Waals surface area contributed by atoms with E-state index in [-0.39, 0.29) is 12.7 Å². The number of carbonyl (C=O) groups excluding carboxylic acids is 1. The predicted octanol–water partition coefficient (Wildman–Crippen LogP) is 5.10. The van der Waals surface area contributed by atoms with Crippen molar-refractivity contribution in [2.75, 3.05) is 60.8 Å². The molecule has 3 heterocycles. The Morgan fingerprint density at radius 3 is 2.33 bits per heavy atom. The van der Waals surface area contributed by atoms with Crippen molar-refractivity contribution in [1.82, 2.24) is 19.7 Å². The van der Waals surface area contributed by atoms with Crippen molar-refractivity contribution < 1.29 is 28.5 Å². The molecular formula is C35H40N4O6S. The Morgan fingerprint density at radius 1 is 0.826 bits per heavy atom. The molecule has 1 fully saturated rings. The first-order valence-corrected chi connectivity index (χ1v) is 16.3. The molecule has 0 bridgehead atoms. The maximum Gasteiger partial charge on any atom is 0.273 e. The number of rotatable bonds is 13. The summed E-state index contributed by atoms with van der Waals surface area (Å²) >= 11 is 1.54. The summed E-state index contributed by atoms with van der Waals surface area (Å²) in [6, 6.07) is 20.3. The van der Waals surface area contributed by atoms with Crippen LogP contribution in [0.4, 0.5) is 0 Å². The van der Waals surface area contributed by atoms with Gasteiger partial charge in [-0.25, -0.2) is 4.98 Å². The summed E-state index contributed by atoms with van der Waals surface area (Å²) < 4.78 is 27.2. The molecule has 4 aromatic rings. The van der Waals surface area contributed by atoms with E-state index in [0.717, 1.165) is 72.7 Å². The van der Waals surface area contributed by atoms with Gasteiger partial charge in [0.2, 0.25) is 6.79 Å². The van der Waals surface area contributed by atoms with Crippen LogP contribution in [0, 0.1) is 0 Å². The van der Waals surface area contributed by atoms with Gasteiger partial charge in [0.1, 0.15) is 16.5 Å². The lowest BCUT2D eigenvalue weighted by Gasteiger charge is -2.34. The van der Waals surface area contributed by atoms with Crippen LogP contribution < -0.4 is 23.7 Å². The number of piperazine rings is 1. The van der Waals surface area contributed by atoms with Crippen LogP contribution in [0.3, 0.4) is 0 Å². The van der Waals surface area contributed by atoms with Crippen molar-refractivity contribution in [3.63, 3.8) is 0 Å². The molecule has 0 N–H and O–H groups in total. The SMILES string of the molecule is COc1ccc(CN(CCc2ccc(OC)c(OC)c2)Cc2nc(C(=O)N3CCN(Cc4ccc5c(c4)OCO5)CC3)cs2)cc1. The summed E-state index contributed by atoms with van der Waals surface area (Å²) in [6.07, 6.45) is 0.824. The number of methoxy groups -OCH3 is 3. The molecule has 6 rings (SSSR count). The van der Waals surface area contributed by atoms with E-state index < -0.39 is 0 Å². The van der Waals surface area contributed by atoms with Gasteiger partial charge in [0, 0.05) is 51.2 Å². The Balaban J connectivity index is 1.07. The molecule has 0 unspecified atom stereocenters. The van der Waals surface area contributed by atoms with Crippen LogP contribution >= 0.6 is 11.3 Å². The average Bonchev–Trinajstić information content (AvgIpc) is 3.77. The molecule has 11 heteroatoms. The Bertz CT molecular complexity index is 1620. The van der Waals surface area contributed by atoms with Gasteiger partial charge in [0.05, 0.1) is 27.9 Å². The highest BCUT2D eigenvalue weighted by atomic mass is 32.1. The van der Waals surface area contributed by atoms with Crippen molar-refractivity contribution in [3.05, 3.63) is 93.4 Å². The first-order valence-electron chi connectivity index (χ1n) is 15.4. The van der Waals surface area contributed by atoms with E-state index in [1.807, 2.05) is 46.7 Å². The second-order valence-electron chi connectivity index (χ2n) is 11.4. The molecule has 1 aromatic heterocycles. The van der Waals surface area contributed by atoms with Crippen molar-refractivity contribution >= 4 is 17.2 Å². The van der Waals surface area contributed by atoms with Gasteiger partial charge in [0.25, 0.3) is 5.91 Å². The molecule has 10 nitrogen and oxygen atoms in total. The standard InChI is InChI=1S/C35H40N4O6S/c1-41-28-8-4-26(5-9-28)20-38(13-12-25-6-10-30(42-2)32(18-25)43-3)22-34-36-29(23-46-34)35(40)39-16-14-37(15-17-39)21-27-7-11-31-33(19-27)45-24-44-31/h4-11,18-19,23H,12-17,20-22,24H2,1-3H3. The molecule has 46 heavy (non-hydrogen) atoms. The van der Waals surface area contributed by atoms with Crippen LogP contribution in [0.2, 0.25) is 0 Å². The molecule has 0 radical (unpaired) electrons. The van der Waals surface area contributed by atoms with E-state index >= 15 is 0 Å². The highest BCUT2D eigenvalue weighted by Crippen LogP contribution is 2.33. The highest BCUT2D eigenvalue weighted by Gasteiger charge is 2.25. The lowest BCUT2D eigenvalue weighted by atomic mass is 10.1. The van der Waals surface area contributed by atoms with Crippen LogP contribution in [0.5, 0.6) is 28.7 Å². The third-order valence-electron chi connectivity index (χ3n) is 8.36. The minimum atomic E-state index is -0.00254. The Kier molecular flexibility index (Phi) is 10.2. The summed E-state index contributed by atoms with van der Waals surface area (Å²) in [6.45, 7) is 6.23. The van der Waals surface area contributed by atoms with Gasteiger partial charge in [-0.1, -0.05) is 24.3 Å². The largest absolute Gasteiger partial charge is 0.497 e. The molecule has 0 atom stereocenters. The number of nitrogens with zero attached hydrogens (tertiary/aromatic N) is 4. The lowest BCUT2D eigenvalue weighted by molar-refractivity contribution is 0.0623. The van der Waals surface area contributed by atoms with Gasteiger partial charge in [-0.3, -0.25) is 14.6 Å². The van der Waals surface area contributed by atoms with Crippen LogP contribution in [-0.2, 0) is 26.1 Å². The van der Waals surface area contributed by atoms with Gasteiger partial charge in [-0.15, -0.1) is 11.3 Å². The monoisotopic (exact) mass is 644 g/mol. The van der Waals surface area contributed by atoms with E-state index in [1.54, 1.807) is 32.7 Å². The maximum atomic E-state index is 13.4. The van der Waals surface area contributed by atoms with Crippen molar-refractivity contribution in [1.29, 1.82) is 0 Å². The molecule has 0 saturated carbocycles. The summed E-state index contributed by atoms with van der Waals surface area (Å²) in [5.41, 5.74) is 4.04. The molecule has 242 valence electrons. The van der Waals surface area contributed by atoms with Crippen molar-refractivity contribution in [2.24, 2.45) is 0 Å². The number of hydrogen-bond donors (Lipinski definition) is 0. The first-order chi connectivity index (χ1) is 22.5. The molecule has 1 amide bonds. The zero-order valence-corrected chi connectivity index (χ0v) is 27.4. The molecular weight excluding hydrogens is 604 g/mol. The third-order valence-corrected chi connectivity index (χ3v) is 9.20. The number of ether oxygens (including phenoxy) is 5. The zero-order valence-electron chi connectivity index (χ0n) is 26.6. The first kappa shape index (κ1) is 31.7. The summed E-state index contributed by atoms with van der Waals surface area (Å²) in [4.78, 5) is 24.9. The number of amides is 1. The lowest BCUT2D eigenvalue weighted by Crippen LogP contribution is -2.48. The fourth-order valence-corrected chi connectivity index (χ4v) is 6.58. The van der Waals surface area contributed by atoms with E-state index in [9.17, 15) is 4.79 Å². The number of fused-ring (bicyclic) bond motifs is 1. The minimum absolute atomic E-state index is 0.00254. The number of carbonyl (C=O) groups is 1. The summed E-state index contributed by atoms with van der Waals surface area (Å²) in [7, 11) is 4.97. The van der Waals surface area contributed by atoms with Gasteiger partial charge < -0.3 is 28.6 Å². The number of aromatic nitrogens is 1. The van der Waals surface area contributed by atoms with E-state index in [4.69, 9.17) is 28.7 Å². The van der Waals surface area contributed by atoms with Crippen molar-refractivity contribution in [2.45, 2.75) is 26.1 Å². The van der Waals surface area contributed by atoms with E-state index in [2.05, 4.69) is 34.1 Å². The van der Waals surface area contributed by atoms with Crippen LogP contribution in [0.25, 0.3) is 0 Å². The van der Waals surface area contributed by atoms with Gasteiger partial charge >= 0.3 is 0 Å². The summed E-state index contributed by atoms with van der Waals surface area (Å²) in [5, 5.41) is 2.82. The van der Waals surface area contributed by atoms with Crippen LogP contribution in [0.15, 0.2) is 66.0 Å². The number of hydrogen-bond acceptors (Lipinski definition) is 10. The van der Waals surface area contributed by atoms with Crippen LogP contribution in [0.1, 0.15) is 32.2 Å². The van der Waals surface area contributed by atoms with Gasteiger partial charge in [-0.05, 0) is 59.5 Å². The predicted molar refractivity (Wildman–Crippen MR) is 176 cm³/mol. The fourth-order valence-electron chi connectivity index (χ4n) is 5.77. The molecule has 2 aliphatic heterocycles. The number of thiazole rings is 1. The van der Waals surface area contributed by atoms with Crippen molar-refractivity contribution in [3.8, 4) is 28.7 Å². The van der Waals surface area contributed by atoms with E-state index in [0.29, 0.717) is 31.1 Å². The third kappa shape index (κ3) is 7.72. The Morgan fingerprint density at radius 2 is 1.57 bits per heavy atom. The topological polar surface area (TPSA) is 85.8 Å². The molecule has 2 aliphatic rings. The second kappa shape index (κ2) is 14.8. The number of benzene rings is 3. The van der Waals surface area contributed by atoms with Gasteiger partial charge in [-0.2, -0.15) is 0 Å². The van der Waals surface area contributed by atoms with E-state index in [1.165, 1.54) is 11.1 Å². The maximum absolute atomic E-state index is 13.4. The zero-order chi connectivity index (χ0) is 31.9. The molecule has 0 aliphatic carbocycles. The van der Waals surface area contributed by atoms with Crippen LogP contribution in [-0.4, -0.2) is 86.4 Å². The minimum Gasteiger partial charge on any atom is -0.497 e. The molecule has 0 spiro atoms. The Labute approximate surface area is 274 Å². The Hall–Kier alpha value is -4.32. The quantitative estimate of drug-likeness (QED) is 0.197. The average molecular weight is 645 g/mol.